The normalized spacial score (nSPS) is 13.1. The Kier molecular flexibility index (Phi) is 6.19. The molecule has 0 heterocycles. The molecule has 1 atom stereocenters. The van der Waals surface area contributed by atoms with Crippen molar-refractivity contribution in [3.63, 3.8) is 0 Å². The lowest BCUT2D eigenvalue weighted by molar-refractivity contribution is -0.119. The van der Waals surface area contributed by atoms with Gasteiger partial charge in [0.25, 0.3) is 0 Å². The van der Waals surface area contributed by atoms with Crippen LogP contribution in [0.4, 0.5) is 18.9 Å². The number of anilines is 1. The number of hydrogen-bond acceptors (Lipinski definition) is 2. The van der Waals surface area contributed by atoms with Gasteiger partial charge in [-0.1, -0.05) is 34.6 Å². The van der Waals surface area contributed by atoms with E-state index in [1.165, 1.54) is 0 Å². The molecule has 7 heteroatoms. The highest BCUT2D eigenvalue weighted by atomic mass is 79.9. The first-order valence-electron chi connectivity index (χ1n) is 5.55. The molecule has 1 amide bonds. The number of benzene rings is 1. The average molecular weight is 356 g/mol. The van der Waals surface area contributed by atoms with Gasteiger partial charge in [-0.15, -0.1) is 0 Å². The third kappa shape index (κ3) is 6.87. The first-order chi connectivity index (χ1) is 8.78. The first kappa shape index (κ1) is 16.4. The Hall–Kier alpha value is -0.690. The SMILES string of the molecule is C[C@@H](CCSC(F)(F)F)C(=O)Nc1ccc(Br)cc1. The van der Waals surface area contributed by atoms with Gasteiger partial charge in [0, 0.05) is 21.8 Å². The second kappa shape index (κ2) is 7.19. The first-order valence-corrected chi connectivity index (χ1v) is 7.33. The summed E-state index contributed by atoms with van der Waals surface area (Å²) in [6.07, 6.45) is 0.187. The number of amides is 1. The summed E-state index contributed by atoms with van der Waals surface area (Å²) < 4.78 is 36.7. The molecule has 0 unspecified atom stereocenters. The van der Waals surface area contributed by atoms with E-state index in [-0.39, 0.29) is 29.8 Å². The minimum Gasteiger partial charge on any atom is -0.326 e. The summed E-state index contributed by atoms with van der Waals surface area (Å²) in [4.78, 5) is 11.7. The molecule has 0 aliphatic heterocycles. The highest BCUT2D eigenvalue weighted by molar-refractivity contribution is 9.10. The zero-order chi connectivity index (χ0) is 14.5. The van der Waals surface area contributed by atoms with Crippen molar-refractivity contribution in [1.29, 1.82) is 0 Å². The Bertz CT molecular complexity index is 422. The van der Waals surface area contributed by atoms with E-state index >= 15 is 0 Å². The number of carbonyl (C=O) groups excluding carboxylic acids is 1. The number of alkyl halides is 3. The second-order valence-electron chi connectivity index (χ2n) is 3.98. The topological polar surface area (TPSA) is 29.1 Å². The van der Waals surface area contributed by atoms with Crippen molar-refractivity contribution in [3.8, 4) is 0 Å². The van der Waals surface area contributed by atoms with E-state index in [0.29, 0.717) is 5.69 Å². The maximum atomic E-state index is 11.9. The van der Waals surface area contributed by atoms with Gasteiger partial charge in [0.1, 0.15) is 0 Å². The molecule has 0 aromatic heterocycles. The zero-order valence-corrected chi connectivity index (χ0v) is 12.5. The number of halogens is 4. The van der Waals surface area contributed by atoms with E-state index in [4.69, 9.17) is 0 Å². The Morgan fingerprint density at radius 2 is 1.95 bits per heavy atom. The molecule has 0 saturated heterocycles. The molecule has 1 aromatic rings. The minimum atomic E-state index is -4.23. The Morgan fingerprint density at radius 3 is 2.47 bits per heavy atom. The van der Waals surface area contributed by atoms with Crippen LogP contribution in [0.25, 0.3) is 0 Å². The summed E-state index contributed by atoms with van der Waals surface area (Å²) in [5, 5.41) is 2.67. The van der Waals surface area contributed by atoms with Crippen LogP contribution >= 0.6 is 27.7 Å². The van der Waals surface area contributed by atoms with Gasteiger partial charge in [0.15, 0.2) is 0 Å². The van der Waals surface area contributed by atoms with Crippen LogP contribution in [-0.4, -0.2) is 17.2 Å². The molecular formula is C12H13BrF3NOS. The Morgan fingerprint density at radius 1 is 1.37 bits per heavy atom. The van der Waals surface area contributed by atoms with Crippen molar-refractivity contribution in [2.75, 3.05) is 11.1 Å². The molecule has 0 radical (unpaired) electrons. The predicted octanol–water partition coefficient (Wildman–Crippen LogP) is 4.67. The van der Waals surface area contributed by atoms with Crippen LogP contribution in [0.5, 0.6) is 0 Å². The van der Waals surface area contributed by atoms with E-state index in [1.807, 2.05) is 0 Å². The van der Waals surface area contributed by atoms with Gasteiger partial charge >= 0.3 is 5.51 Å². The maximum absolute atomic E-state index is 11.9. The fraction of sp³-hybridized carbons (Fsp3) is 0.417. The molecule has 19 heavy (non-hydrogen) atoms. The minimum absolute atomic E-state index is 0.0986. The number of rotatable bonds is 5. The molecule has 1 N–H and O–H groups in total. The third-order valence-electron chi connectivity index (χ3n) is 2.38. The number of hydrogen-bond donors (Lipinski definition) is 1. The summed E-state index contributed by atoms with van der Waals surface area (Å²) in [6, 6.07) is 7.00. The lowest BCUT2D eigenvalue weighted by Crippen LogP contribution is -2.21. The van der Waals surface area contributed by atoms with Crippen molar-refractivity contribution in [2.24, 2.45) is 5.92 Å². The second-order valence-corrected chi connectivity index (χ2v) is 6.06. The van der Waals surface area contributed by atoms with Gasteiger partial charge < -0.3 is 5.32 Å². The Labute approximate surface area is 122 Å². The van der Waals surface area contributed by atoms with Crippen LogP contribution in [0.15, 0.2) is 28.7 Å². The summed E-state index contributed by atoms with van der Waals surface area (Å²) in [5.74, 6) is -0.845. The van der Waals surface area contributed by atoms with Gasteiger partial charge in [0.05, 0.1) is 0 Å². The number of carbonyl (C=O) groups is 1. The van der Waals surface area contributed by atoms with Gasteiger partial charge in [-0.2, -0.15) is 13.2 Å². The largest absolute Gasteiger partial charge is 0.441 e. The molecule has 0 bridgehead atoms. The Balaban J connectivity index is 2.38. The predicted molar refractivity (Wildman–Crippen MR) is 75.1 cm³/mol. The standard InChI is InChI=1S/C12H13BrF3NOS/c1-8(6-7-19-12(14,15)16)11(18)17-10-4-2-9(13)3-5-10/h2-5,8H,6-7H2,1H3,(H,17,18)/t8-/m0/s1. The molecule has 0 aliphatic carbocycles. The monoisotopic (exact) mass is 355 g/mol. The molecule has 2 nitrogen and oxygen atoms in total. The molecule has 0 saturated carbocycles. The highest BCUT2D eigenvalue weighted by Crippen LogP contribution is 2.31. The van der Waals surface area contributed by atoms with Crippen molar-refractivity contribution in [2.45, 2.75) is 18.9 Å². The van der Waals surface area contributed by atoms with Crippen molar-refractivity contribution in [1.82, 2.24) is 0 Å². The zero-order valence-electron chi connectivity index (χ0n) is 10.1. The number of nitrogens with one attached hydrogen (secondary N) is 1. The van der Waals surface area contributed by atoms with Crippen LogP contribution in [0.2, 0.25) is 0 Å². The van der Waals surface area contributed by atoms with E-state index in [0.717, 1.165) is 4.47 Å². The van der Waals surface area contributed by atoms with Crippen molar-refractivity contribution >= 4 is 39.3 Å². The van der Waals surface area contributed by atoms with Crippen LogP contribution in [0.3, 0.4) is 0 Å². The fourth-order valence-corrected chi connectivity index (χ4v) is 2.25. The summed E-state index contributed by atoms with van der Waals surface area (Å²) in [5.41, 5.74) is -3.61. The molecular weight excluding hydrogens is 343 g/mol. The lowest BCUT2D eigenvalue weighted by atomic mass is 10.1. The smallest absolute Gasteiger partial charge is 0.326 e. The number of thioether (sulfide) groups is 1. The summed E-state index contributed by atoms with van der Waals surface area (Å²) in [6.45, 7) is 1.62. The molecule has 106 valence electrons. The molecule has 1 rings (SSSR count). The van der Waals surface area contributed by atoms with E-state index < -0.39 is 11.4 Å². The quantitative estimate of drug-likeness (QED) is 0.831. The molecule has 0 spiro atoms. The van der Waals surface area contributed by atoms with Crippen LogP contribution < -0.4 is 5.32 Å². The molecule has 0 fully saturated rings. The lowest BCUT2D eigenvalue weighted by Gasteiger charge is -2.12. The summed E-state index contributed by atoms with van der Waals surface area (Å²) in [7, 11) is 0. The molecule has 0 aliphatic rings. The van der Waals surface area contributed by atoms with Crippen LogP contribution in [0.1, 0.15) is 13.3 Å². The van der Waals surface area contributed by atoms with Crippen molar-refractivity contribution < 1.29 is 18.0 Å². The van der Waals surface area contributed by atoms with Crippen molar-refractivity contribution in [3.05, 3.63) is 28.7 Å². The highest BCUT2D eigenvalue weighted by Gasteiger charge is 2.28. The van der Waals surface area contributed by atoms with Crippen LogP contribution in [-0.2, 0) is 4.79 Å². The van der Waals surface area contributed by atoms with Gasteiger partial charge in [0.2, 0.25) is 5.91 Å². The van der Waals surface area contributed by atoms with E-state index in [9.17, 15) is 18.0 Å². The third-order valence-corrected chi connectivity index (χ3v) is 3.67. The van der Waals surface area contributed by atoms with E-state index in [1.54, 1.807) is 31.2 Å². The van der Waals surface area contributed by atoms with Crippen LogP contribution in [0, 0.1) is 5.92 Å². The average Bonchev–Trinajstić information content (AvgIpc) is 2.30. The van der Waals surface area contributed by atoms with Gasteiger partial charge in [-0.25, -0.2) is 0 Å². The van der Waals surface area contributed by atoms with Gasteiger partial charge in [-0.3, -0.25) is 4.79 Å². The summed E-state index contributed by atoms with van der Waals surface area (Å²) >= 11 is 3.17. The van der Waals surface area contributed by atoms with Gasteiger partial charge in [-0.05, 0) is 30.7 Å². The molecule has 1 aromatic carbocycles. The maximum Gasteiger partial charge on any atom is 0.441 e. The van der Waals surface area contributed by atoms with E-state index in [2.05, 4.69) is 21.2 Å². The fourth-order valence-electron chi connectivity index (χ4n) is 1.28.